The smallest absolute Gasteiger partial charge is 0.150 e. The van der Waals surface area contributed by atoms with E-state index in [4.69, 9.17) is 4.74 Å². The summed E-state index contributed by atoms with van der Waals surface area (Å²) in [5.41, 5.74) is 2.95. The van der Waals surface area contributed by atoms with Crippen LogP contribution in [0.1, 0.15) is 47.7 Å². The third kappa shape index (κ3) is 3.47. The Morgan fingerprint density at radius 2 is 1.90 bits per heavy atom. The molecule has 0 fully saturated rings. The highest BCUT2D eigenvalue weighted by Crippen LogP contribution is 2.30. The molecule has 0 aliphatic carbocycles. The van der Waals surface area contributed by atoms with E-state index in [1.807, 2.05) is 42.5 Å². The fraction of sp³-hybridized carbons (Fsp3) is 0.278. The van der Waals surface area contributed by atoms with Crippen LogP contribution in [0.4, 0.5) is 0 Å². The van der Waals surface area contributed by atoms with E-state index in [9.17, 15) is 4.79 Å². The van der Waals surface area contributed by atoms with Crippen molar-refractivity contribution in [2.24, 2.45) is 0 Å². The van der Waals surface area contributed by atoms with Gasteiger partial charge in [-0.3, -0.25) is 4.79 Å². The first-order valence-electron chi connectivity index (χ1n) is 7.00. The normalized spacial score (nSPS) is 11.9. The van der Waals surface area contributed by atoms with Gasteiger partial charge >= 0.3 is 0 Å². The van der Waals surface area contributed by atoms with Gasteiger partial charge in [0.15, 0.2) is 0 Å². The van der Waals surface area contributed by atoms with Gasteiger partial charge in [-0.05, 0) is 41.7 Å². The molecule has 2 rings (SSSR count). The second-order valence-corrected chi connectivity index (χ2v) is 5.00. The standard InChI is InChI=1S/C18H20O2/c1-3-14(2)17-11-16(12-19)9-10-18(17)20-13-15-7-5-4-6-8-15/h4-12,14H,3,13H2,1-2H3. The molecule has 0 aliphatic rings. The summed E-state index contributed by atoms with van der Waals surface area (Å²) in [5, 5.41) is 0. The zero-order valence-electron chi connectivity index (χ0n) is 12.0. The number of hydrogen-bond donors (Lipinski definition) is 0. The first kappa shape index (κ1) is 14.3. The molecule has 0 N–H and O–H groups in total. The molecule has 2 heteroatoms. The van der Waals surface area contributed by atoms with Crippen LogP contribution in [0.5, 0.6) is 5.75 Å². The third-order valence-corrected chi connectivity index (χ3v) is 3.55. The van der Waals surface area contributed by atoms with Gasteiger partial charge in [0, 0.05) is 5.56 Å². The molecule has 1 atom stereocenters. The molecule has 0 heterocycles. The highest BCUT2D eigenvalue weighted by atomic mass is 16.5. The van der Waals surface area contributed by atoms with Gasteiger partial charge in [0.1, 0.15) is 18.6 Å². The van der Waals surface area contributed by atoms with Gasteiger partial charge in [0.05, 0.1) is 0 Å². The van der Waals surface area contributed by atoms with Gasteiger partial charge < -0.3 is 4.74 Å². The molecule has 0 spiro atoms. The molecule has 0 radical (unpaired) electrons. The summed E-state index contributed by atoms with van der Waals surface area (Å²) in [6, 6.07) is 15.7. The van der Waals surface area contributed by atoms with Crippen LogP contribution in [0.3, 0.4) is 0 Å². The Kier molecular flexibility index (Phi) is 4.94. The lowest BCUT2D eigenvalue weighted by Gasteiger charge is -2.16. The summed E-state index contributed by atoms with van der Waals surface area (Å²) in [6.07, 6.45) is 1.90. The molecule has 2 nitrogen and oxygen atoms in total. The quantitative estimate of drug-likeness (QED) is 0.716. The largest absolute Gasteiger partial charge is 0.489 e. The number of ether oxygens (including phenoxy) is 1. The topological polar surface area (TPSA) is 26.3 Å². The van der Waals surface area contributed by atoms with Crippen LogP contribution < -0.4 is 4.74 Å². The maximum atomic E-state index is 10.9. The molecule has 0 saturated heterocycles. The number of carbonyl (C=O) groups excluding carboxylic acids is 1. The summed E-state index contributed by atoms with van der Waals surface area (Å²) < 4.78 is 5.93. The van der Waals surface area contributed by atoms with E-state index in [1.54, 1.807) is 6.07 Å². The third-order valence-electron chi connectivity index (χ3n) is 3.55. The number of benzene rings is 2. The average Bonchev–Trinajstić information content (AvgIpc) is 2.53. The van der Waals surface area contributed by atoms with Crippen LogP contribution in [-0.2, 0) is 6.61 Å². The van der Waals surface area contributed by atoms with Crippen molar-refractivity contribution in [3.63, 3.8) is 0 Å². The lowest BCUT2D eigenvalue weighted by atomic mass is 9.96. The first-order chi connectivity index (χ1) is 9.74. The minimum Gasteiger partial charge on any atom is -0.489 e. The maximum absolute atomic E-state index is 10.9. The van der Waals surface area contributed by atoms with Gasteiger partial charge in [0.2, 0.25) is 0 Å². The Bertz CT molecular complexity index is 561. The van der Waals surface area contributed by atoms with Crippen molar-refractivity contribution in [3.8, 4) is 5.75 Å². The summed E-state index contributed by atoms with van der Waals surface area (Å²) in [5.74, 6) is 1.24. The molecule has 0 aromatic heterocycles. The van der Waals surface area contributed by atoms with Crippen molar-refractivity contribution in [2.45, 2.75) is 32.8 Å². The van der Waals surface area contributed by atoms with Crippen LogP contribution in [0.25, 0.3) is 0 Å². The van der Waals surface area contributed by atoms with Crippen molar-refractivity contribution in [1.29, 1.82) is 0 Å². The molecule has 0 aliphatic heterocycles. The van der Waals surface area contributed by atoms with Gasteiger partial charge in [-0.2, -0.15) is 0 Å². The number of carbonyl (C=O) groups is 1. The molecule has 20 heavy (non-hydrogen) atoms. The van der Waals surface area contributed by atoms with Crippen LogP contribution in [-0.4, -0.2) is 6.29 Å². The predicted molar refractivity (Wildman–Crippen MR) is 81.3 cm³/mol. The second kappa shape index (κ2) is 6.90. The molecular weight excluding hydrogens is 248 g/mol. The van der Waals surface area contributed by atoms with Gasteiger partial charge in [-0.1, -0.05) is 44.2 Å². The fourth-order valence-corrected chi connectivity index (χ4v) is 2.11. The first-order valence-corrected chi connectivity index (χ1v) is 7.00. The molecule has 2 aromatic rings. The molecule has 2 aromatic carbocycles. The van der Waals surface area contributed by atoms with E-state index in [-0.39, 0.29) is 0 Å². The van der Waals surface area contributed by atoms with Crippen LogP contribution in [0, 0.1) is 0 Å². The number of rotatable bonds is 6. The van der Waals surface area contributed by atoms with E-state index < -0.39 is 0 Å². The monoisotopic (exact) mass is 268 g/mol. The van der Waals surface area contributed by atoms with Crippen LogP contribution in [0.2, 0.25) is 0 Å². The van der Waals surface area contributed by atoms with Crippen molar-refractivity contribution in [3.05, 3.63) is 65.2 Å². The molecule has 0 bridgehead atoms. The summed E-state index contributed by atoms with van der Waals surface area (Å²) in [4.78, 5) is 10.9. The predicted octanol–water partition coefficient (Wildman–Crippen LogP) is 4.59. The number of hydrogen-bond acceptors (Lipinski definition) is 2. The van der Waals surface area contributed by atoms with E-state index in [0.29, 0.717) is 18.1 Å². The van der Waals surface area contributed by atoms with E-state index >= 15 is 0 Å². The Hall–Kier alpha value is -2.09. The molecule has 0 saturated carbocycles. The molecule has 1 unspecified atom stereocenters. The van der Waals surface area contributed by atoms with E-state index in [2.05, 4.69) is 13.8 Å². The molecule has 0 amide bonds. The maximum Gasteiger partial charge on any atom is 0.150 e. The zero-order valence-corrected chi connectivity index (χ0v) is 12.0. The van der Waals surface area contributed by atoms with Crippen molar-refractivity contribution >= 4 is 6.29 Å². The van der Waals surface area contributed by atoms with Crippen molar-refractivity contribution in [1.82, 2.24) is 0 Å². The summed E-state index contributed by atoms with van der Waals surface area (Å²) in [6.45, 7) is 4.84. The Balaban J connectivity index is 2.20. The number of aldehydes is 1. The molecular formula is C18H20O2. The lowest BCUT2D eigenvalue weighted by Crippen LogP contribution is -2.02. The Morgan fingerprint density at radius 3 is 2.55 bits per heavy atom. The van der Waals surface area contributed by atoms with E-state index in [1.165, 1.54) is 0 Å². The Labute approximate surface area is 120 Å². The second-order valence-electron chi connectivity index (χ2n) is 5.00. The summed E-state index contributed by atoms with van der Waals surface area (Å²) >= 11 is 0. The van der Waals surface area contributed by atoms with Gasteiger partial charge in [0.25, 0.3) is 0 Å². The van der Waals surface area contributed by atoms with Crippen molar-refractivity contribution < 1.29 is 9.53 Å². The highest BCUT2D eigenvalue weighted by Gasteiger charge is 2.11. The highest BCUT2D eigenvalue weighted by molar-refractivity contribution is 5.75. The minimum absolute atomic E-state index is 0.376. The lowest BCUT2D eigenvalue weighted by molar-refractivity contribution is 0.112. The van der Waals surface area contributed by atoms with Crippen LogP contribution in [0.15, 0.2) is 48.5 Å². The van der Waals surface area contributed by atoms with Gasteiger partial charge in [-0.25, -0.2) is 0 Å². The average molecular weight is 268 g/mol. The fourth-order valence-electron chi connectivity index (χ4n) is 2.11. The molecule has 104 valence electrons. The SMILES string of the molecule is CCC(C)c1cc(C=O)ccc1OCc1ccccc1. The minimum atomic E-state index is 0.376. The zero-order chi connectivity index (χ0) is 14.4. The van der Waals surface area contributed by atoms with E-state index in [0.717, 1.165) is 29.6 Å². The van der Waals surface area contributed by atoms with Crippen molar-refractivity contribution in [2.75, 3.05) is 0 Å². The summed E-state index contributed by atoms with van der Waals surface area (Å²) in [7, 11) is 0. The van der Waals surface area contributed by atoms with Crippen LogP contribution >= 0.6 is 0 Å². The van der Waals surface area contributed by atoms with Gasteiger partial charge in [-0.15, -0.1) is 0 Å². The Morgan fingerprint density at radius 1 is 1.15 bits per heavy atom.